The Morgan fingerprint density at radius 2 is 1.42 bits per heavy atom. The zero-order valence-corrected chi connectivity index (χ0v) is 24.2. The second-order valence-corrected chi connectivity index (χ2v) is 10.5. The van der Waals surface area contributed by atoms with Crippen LogP contribution in [0.25, 0.3) is 0 Å². The van der Waals surface area contributed by atoms with Crippen molar-refractivity contribution in [1.29, 1.82) is 0 Å². The van der Waals surface area contributed by atoms with Crippen LogP contribution in [-0.4, -0.2) is 60.5 Å². The maximum Gasteiger partial charge on any atom is 0.275 e. The summed E-state index contributed by atoms with van der Waals surface area (Å²) in [7, 11) is 1.60. The number of amides is 2. The summed E-state index contributed by atoms with van der Waals surface area (Å²) >= 11 is 0. The fraction of sp³-hybridized carbons (Fsp3) is 0.516. The molecule has 7 nitrogen and oxygen atoms in total. The fourth-order valence-corrected chi connectivity index (χ4v) is 4.14. The molecule has 0 fully saturated rings. The Morgan fingerprint density at radius 1 is 0.842 bits per heavy atom. The Kier molecular flexibility index (Phi) is 11.5. The Balaban J connectivity index is 2.39. The van der Waals surface area contributed by atoms with Gasteiger partial charge < -0.3 is 9.47 Å². The second kappa shape index (κ2) is 14.1. The summed E-state index contributed by atoms with van der Waals surface area (Å²) in [5, 5.41) is 2.86. The van der Waals surface area contributed by atoms with Gasteiger partial charge in [0.1, 0.15) is 12.4 Å². The molecule has 0 aliphatic heterocycles. The third-order valence-electron chi connectivity index (χ3n) is 7.02. The van der Waals surface area contributed by atoms with Crippen LogP contribution in [0, 0.1) is 11.3 Å². The topological polar surface area (TPSA) is 76.2 Å². The normalized spacial score (nSPS) is 12.2. The summed E-state index contributed by atoms with van der Waals surface area (Å²) in [5.74, 6) is -0.193. The van der Waals surface area contributed by atoms with Crippen LogP contribution in [-0.2, 0) is 4.74 Å². The number of carbonyl (C=O) groups excluding carboxylic acids is 3. The molecule has 2 amide bonds. The first kappa shape index (κ1) is 31.0. The standard InChI is InChI=1S/C31H44N2O5/c1-9-23(10-2)28(34)24-16-18-25(19-17-24)29(35)33(22(4)31(5,6)7)32(8)30(36)26-14-12-13-15-27(26)38-21-20-37-11-3/h12-19,22-23H,9-11,20-21H2,1-8H3. The van der Waals surface area contributed by atoms with E-state index < -0.39 is 0 Å². The zero-order valence-electron chi connectivity index (χ0n) is 24.2. The van der Waals surface area contributed by atoms with Crippen molar-refractivity contribution in [3.63, 3.8) is 0 Å². The van der Waals surface area contributed by atoms with Crippen LogP contribution in [0.2, 0.25) is 0 Å². The molecule has 0 bridgehead atoms. The van der Waals surface area contributed by atoms with Gasteiger partial charge in [0, 0.05) is 30.7 Å². The number of rotatable bonds is 12. The van der Waals surface area contributed by atoms with Crippen molar-refractivity contribution in [2.75, 3.05) is 26.9 Å². The van der Waals surface area contributed by atoms with Gasteiger partial charge in [-0.25, -0.2) is 10.0 Å². The minimum Gasteiger partial charge on any atom is -0.490 e. The third-order valence-corrected chi connectivity index (χ3v) is 7.02. The number of carbonyl (C=O) groups is 3. The van der Waals surface area contributed by atoms with E-state index >= 15 is 0 Å². The Labute approximate surface area is 228 Å². The van der Waals surface area contributed by atoms with Crippen LogP contribution in [0.5, 0.6) is 5.75 Å². The molecule has 2 aromatic carbocycles. The number of hydrogen-bond donors (Lipinski definition) is 0. The average Bonchev–Trinajstić information content (AvgIpc) is 2.91. The number of benzene rings is 2. The first-order chi connectivity index (χ1) is 18.0. The molecule has 208 valence electrons. The highest BCUT2D eigenvalue weighted by molar-refractivity contribution is 6.02. The maximum absolute atomic E-state index is 13.9. The lowest BCUT2D eigenvalue weighted by Gasteiger charge is -2.42. The van der Waals surface area contributed by atoms with Gasteiger partial charge in [-0.05, 0) is 56.4 Å². The van der Waals surface area contributed by atoms with Crippen molar-refractivity contribution in [2.24, 2.45) is 11.3 Å². The van der Waals surface area contributed by atoms with Crippen LogP contribution < -0.4 is 4.74 Å². The highest BCUT2D eigenvalue weighted by Crippen LogP contribution is 2.29. The molecule has 1 atom stereocenters. The predicted octanol–water partition coefficient (Wildman–Crippen LogP) is 6.28. The molecule has 0 saturated heterocycles. The van der Waals surface area contributed by atoms with Crippen LogP contribution >= 0.6 is 0 Å². The summed E-state index contributed by atoms with van der Waals surface area (Å²) in [6, 6.07) is 13.4. The quantitative estimate of drug-likeness (QED) is 0.185. The van der Waals surface area contributed by atoms with Crippen molar-refractivity contribution >= 4 is 17.6 Å². The molecular weight excluding hydrogens is 480 g/mol. The fourth-order valence-electron chi connectivity index (χ4n) is 4.14. The lowest BCUT2D eigenvalue weighted by molar-refractivity contribution is -0.0303. The van der Waals surface area contributed by atoms with Gasteiger partial charge in [-0.15, -0.1) is 0 Å². The molecule has 2 aromatic rings. The molecule has 1 unspecified atom stereocenters. The summed E-state index contributed by atoms with van der Waals surface area (Å²) in [6.45, 7) is 15.2. The molecule has 0 aliphatic carbocycles. The lowest BCUT2D eigenvalue weighted by atomic mass is 9.87. The Hall–Kier alpha value is -3.19. The van der Waals surface area contributed by atoms with Gasteiger partial charge in [0.2, 0.25) is 0 Å². The number of hydrazine groups is 1. The van der Waals surface area contributed by atoms with Gasteiger partial charge in [0.05, 0.1) is 18.2 Å². The molecule has 7 heteroatoms. The monoisotopic (exact) mass is 524 g/mol. The van der Waals surface area contributed by atoms with Gasteiger partial charge >= 0.3 is 0 Å². The van der Waals surface area contributed by atoms with Gasteiger partial charge in [-0.2, -0.15) is 0 Å². The number of nitrogens with zero attached hydrogens (tertiary/aromatic N) is 2. The van der Waals surface area contributed by atoms with Crippen molar-refractivity contribution in [1.82, 2.24) is 10.0 Å². The summed E-state index contributed by atoms with van der Waals surface area (Å²) < 4.78 is 11.2. The van der Waals surface area contributed by atoms with E-state index in [0.717, 1.165) is 12.8 Å². The van der Waals surface area contributed by atoms with E-state index in [-0.39, 0.29) is 35.0 Å². The van der Waals surface area contributed by atoms with E-state index in [1.807, 2.05) is 48.5 Å². The number of hydrogen-bond acceptors (Lipinski definition) is 5. The number of ether oxygens (including phenoxy) is 2. The molecule has 2 rings (SSSR count). The minimum absolute atomic E-state index is 0.0338. The van der Waals surface area contributed by atoms with Crippen LogP contribution in [0.3, 0.4) is 0 Å². The Morgan fingerprint density at radius 3 is 1.97 bits per heavy atom. The zero-order chi connectivity index (χ0) is 28.5. The lowest BCUT2D eigenvalue weighted by Crippen LogP contribution is -2.55. The van der Waals surface area contributed by atoms with Crippen molar-refractivity contribution in [2.45, 2.75) is 67.3 Å². The molecule has 0 N–H and O–H groups in total. The molecule has 0 aliphatic rings. The van der Waals surface area contributed by atoms with Crippen molar-refractivity contribution < 1.29 is 23.9 Å². The molecule has 0 heterocycles. The molecule has 0 saturated carbocycles. The SMILES string of the molecule is CCOCCOc1ccccc1C(=O)N(C)N(C(=O)c1ccc(C(=O)C(CC)CC)cc1)C(C)C(C)(C)C. The summed E-state index contributed by atoms with van der Waals surface area (Å²) in [6.07, 6.45) is 1.55. The predicted molar refractivity (Wildman–Crippen MR) is 150 cm³/mol. The molecular formula is C31H44N2O5. The van der Waals surface area contributed by atoms with Gasteiger partial charge in [0.15, 0.2) is 5.78 Å². The Bertz CT molecular complexity index is 1070. The van der Waals surface area contributed by atoms with Crippen LogP contribution in [0.15, 0.2) is 48.5 Å². The van der Waals surface area contributed by atoms with E-state index in [1.165, 1.54) is 10.0 Å². The third kappa shape index (κ3) is 7.67. The van der Waals surface area contributed by atoms with E-state index in [1.54, 1.807) is 55.6 Å². The van der Waals surface area contributed by atoms with Gasteiger partial charge in [0.25, 0.3) is 11.8 Å². The van der Waals surface area contributed by atoms with E-state index in [9.17, 15) is 14.4 Å². The number of Topliss-reactive ketones (excluding diaryl/α,β-unsaturated/α-hetero) is 1. The smallest absolute Gasteiger partial charge is 0.275 e. The first-order valence-corrected chi connectivity index (χ1v) is 13.5. The second-order valence-electron chi connectivity index (χ2n) is 10.5. The van der Waals surface area contributed by atoms with Gasteiger partial charge in [-0.1, -0.05) is 58.9 Å². The first-order valence-electron chi connectivity index (χ1n) is 13.5. The highest BCUT2D eigenvalue weighted by Gasteiger charge is 2.36. The molecule has 0 aromatic heterocycles. The minimum atomic E-state index is -0.359. The van der Waals surface area contributed by atoms with Crippen molar-refractivity contribution in [3.8, 4) is 5.75 Å². The largest absolute Gasteiger partial charge is 0.490 e. The van der Waals surface area contributed by atoms with E-state index in [0.29, 0.717) is 42.3 Å². The van der Waals surface area contributed by atoms with Crippen LogP contribution in [0.4, 0.5) is 0 Å². The molecule has 0 radical (unpaired) electrons. The van der Waals surface area contributed by atoms with Crippen LogP contribution in [0.1, 0.15) is 92.4 Å². The molecule has 38 heavy (non-hydrogen) atoms. The number of para-hydroxylation sites is 1. The summed E-state index contributed by atoms with van der Waals surface area (Å²) in [5.41, 5.74) is 1.04. The maximum atomic E-state index is 13.9. The summed E-state index contributed by atoms with van der Waals surface area (Å²) in [4.78, 5) is 40.4. The van der Waals surface area contributed by atoms with E-state index in [2.05, 4.69) is 0 Å². The van der Waals surface area contributed by atoms with Crippen molar-refractivity contribution in [3.05, 3.63) is 65.2 Å². The molecule has 0 spiro atoms. The number of ketones is 1. The van der Waals surface area contributed by atoms with Gasteiger partial charge in [-0.3, -0.25) is 14.4 Å². The van der Waals surface area contributed by atoms with E-state index in [4.69, 9.17) is 9.47 Å². The highest BCUT2D eigenvalue weighted by atomic mass is 16.5. The average molecular weight is 525 g/mol.